The molecule has 1 saturated carbocycles. The third-order valence-electron chi connectivity index (χ3n) is 2.83. The van der Waals surface area contributed by atoms with Crippen molar-refractivity contribution < 1.29 is 4.79 Å². The van der Waals surface area contributed by atoms with Gasteiger partial charge in [-0.2, -0.15) is 0 Å². The molecule has 0 aliphatic heterocycles. The molecule has 2 rings (SSSR count). The Morgan fingerprint density at radius 3 is 2.76 bits per heavy atom. The van der Waals surface area contributed by atoms with Crippen LogP contribution in [0.4, 0.5) is 0 Å². The molecule has 1 aliphatic rings. The van der Waals surface area contributed by atoms with Gasteiger partial charge in [-0.15, -0.1) is 11.3 Å². The fraction of sp³-hybridized carbons (Fsp3) is 0.667. The maximum Gasteiger partial charge on any atom is 0.207 e. The summed E-state index contributed by atoms with van der Waals surface area (Å²) in [5.74, 6) is 0.797. The van der Waals surface area contributed by atoms with Crippen LogP contribution in [-0.4, -0.2) is 17.4 Å². The summed E-state index contributed by atoms with van der Waals surface area (Å²) in [7, 11) is 0. The molecule has 0 saturated heterocycles. The molecule has 0 radical (unpaired) electrons. The van der Waals surface area contributed by atoms with E-state index in [9.17, 15) is 4.79 Å². The van der Waals surface area contributed by atoms with Crippen LogP contribution in [-0.2, 0) is 4.79 Å². The fourth-order valence-corrected chi connectivity index (χ4v) is 2.89. The van der Waals surface area contributed by atoms with Crippen LogP contribution < -0.4 is 5.32 Å². The van der Waals surface area contributed by atoms with Crippen molar-refractivity contribution in [2.45, 2.75) is 45.6 Å². The van der Waals surface area contributed by atoms with Gasteiger partial charge in [0.1, 0.15) is 4.34 Å². The zero-order valence-corrected chi connectivity index (χ0v) is 11.9. The van der Waals surface area contributed by atoms with Crippen molar-refractivity contribution in [3.63, 3.8) is 0 Å². The van der Waals surface area contributed by atoms with Crippen LogP contribution in [0.5, 0.6) is 0 Å². The lowest BCUT2D eigenvalue weighted by atomic mass is 9.87. The molecule has 0 spiro atoms. The summed E-state index contributed by atoms with van der Waals surface area (Å²) in [6, 6.07) is 0.459. The van der Waals surface area contributed by atoms with Crippen LogP contribution in [0.3, 0.4) is 0 Å². The third kappa shape index (κ3) is 6.03. The molecule has 17 heavy (non-hydrogen) atoms. The minimum absolute atomic E-state index is 0.459. The predicted octanol–water partition coefficient (Wildman–Crippen LogP) is 3.42. The van der Waals surface area contributed by atoms with E-state index in [0.717, 1.165) is 21.7 Å². The number of hydrogen-bond acceptors (Lipinski definition) is 3. The average Bonchev–Trinajstić information content (AvgIpc) is 2.64. The van der Waals surface area contributed by atoms with Crippen LogP contribution >= 0.6 is 22.9 Å². The second-order valence-electron chi connectivity index (χ2n) is 4.44. The molecule has 1 N–H and O–H groups in total. The summed E-state index contributed by atoms with van der Waals surface area (Å²) in [6.45, 7) is 4.18. The van der Waals surface area contributed by atoms with Crippen molar-refractivity contribution in [2.24, 2.45) is 5.92 Å². The second kappa shape index (κ2) is 7.67. The van der Waals surface area contributed by atoms with Crippen LogP contribution in [0.25, 0.3) is 0 Å². The van der Waals surface area contributed by atoms with Crippen molar-refractivity contribution in [3.05, 3.63) is 15.5 Å². The van der Waals surface area contributed by atoms with Gasteiger partial charge in [0.25, 0.3) is 0 Å². The smallest absolute Gasteiger partial charge is 0.207 e. The van der Waals surface area contributed by atoms with Crippen LogP contribution in [0, 0.1) is 12.8 Å². The third-order valence-corrected chi connectivity index (χ3v) is 3.86. The Labute approximate surface area is 112 Å². The number of aromatic nitrogens is 1. The van der Waals surface area contributed by atoms with Gasteiger partial charge in [-0.1, -0.05) is 31.4 Å². The lowest BCUT2D eigenvalue weighted by molar-refractivity contribution is -0.110. The number of amides is 1. The van der Waals surface area contributed by atoms with Gasteiger partial charge >= 0.3 is 0 Å². The van der Waals surface area contributed by atoms with Gasteiger partial charge < -0.3 is 5.32 Å². The number of thiazole rings is 1. The number of nitrogens with zero attached hydrogens (tertiary/aromatic N) is 1. The molecule has 1 aromatic heterocycles. The van der Waals surface area contributed by atoms with Gasteiger partial charge in [-0.25, -0.2) is 4.98 Å². The second-order valence-corrected chi connectivity index (χ2v) is 6.30. The molecule has 1 fully saturated rings. The molecule has 0 aromatic carbocycles. The highest BCUT2D eigenvalue weighted by Crippen LogP contribution is 2.22. The maximum atomic E-state index is 10.1. The lowest BCUT2D eigenvalue weighted by Crippen LogP contribution is -2.32. The molecule has 96 valence electrons. The van der Waals surface area contributed by atoms with E-state index in [-0.39, 0.29) is 0 Å². The SMILES string of the molecule is CC1CCCC(NC=O)C1.Cc1ncc(Cl)s1. The Morgan fingerprint density at radius 2 is 2.35 bits per heavy atom. The van der Waals surface area contributed by atoms with E-state index >= 15 is 0 Å². The van der Waals surface area contributed by atoms with E-state index in [1.165, 1.54) is 37.0 Å². The standard InChI is InChI=1S/C8H15NO.C4H4ClNS/c1-7-3-2-4-8(5-7)9-6-10;1-3-6-2-4(5)7-3/h6-8H,2-5H2,1H3,(H,9,10);2H,1H3. The van der Waals surface area contributed by atoms with Crippen LogP contribution in [0.1, 0.15) is 37.6 Å². The molecule has 2 atom stereocenters. The topological polar surface area (TPSA) is 42.0 Å². The van der Waals surface area contributed by atoms with Crippen molar-refractivity contribution in [1.82, 2.24) is 10.3 Å². The van der Waals surface area contributed by atoms with Gasteiger partial charge in [0.2, 0.25) is 6.41 Å². The van der Waals surface area contributed by atoms with Crippen LogP contribution in [0.2, 0.25) is 4.34 Å². The Morgan fingerprint density at radius 1 is 1.59 bits per heavy atom. The predicted molar refractivity (Wildman–Crippen MR) is 72.5 cm³/mol. The summed E-state index contributed by atoms with van der Waals surface area (Å²) >= 11 is 7.01. The van der Waals surface area contributed by atoms with Crippen molar-refractivity contribution in [1.29, 1.82) is 0 Å². The fourth-order valence-electron chi connectivity index (χ4n) is 2.02. The molecule has 1 aromatic rings. The van der Waals surface area contributed by atoms with Crippen molar-refractivity contribution in [2.75, 3.05) is 0 Å². The summed E-state index contributed by atoms with van der Waals surface area (Å²) in [5.41, 5.74) is 0. The first kappa shape index (κ1) is 14.5. The zero-order chi connectivity index (χ0) is 12.7. The van der Waals surface area contributed by atoms with Gasteiger partial charge in [0.05, 0.1) is 11.2 Å². The number of halogens is 1. The first-order valence-corrected chi connectivity index (χ1v) is 7.09. The summed E-state index contributed by atoms with van der Waals surface area (Å²) in [6.07, 6.45) is 7.41. The Balaban J connectivity index is 0.000000181. The van der Waals surface area contributed by atoms with Gasteiger partial charge in [-0.05, 0) is 25.7 Å². The molecular weight excluding hydrogens is 256 g/mol. The Kier molecular flexibility index (Phi) is 6.52. The first-order chi connectivity index (χ1) is 8.11. The minimum atomic E-state index is 0.459. The quantitative estimate of drug-likeness (QED) is 0.840. The summed E-state index contributed by atoms with van der Waals surface area (Å²) in [4.78, 5) is 14.0. The van der Waals surface area contributed by atoms with Gasteiger partial charge in [0, 0.05) is 6.04 Å². The van der Waals surface area contributed by atoms with Crippen molar-refractivity contribution in [3.8, 4) is 0 Å². The largest absolute Gasteiger partial charge is 0.356 e. The monoisotopic (exact) mass is 274 g/mol. The molecule has 3 nitrogen and oxygen atoms in total. The molecule has 5 heteroatoms. The maximum absolute atomic E-state index is 10.1. The van der Waals surface area contributed by atoms with E-state index in [2.05, 4.69) is 17.2 Å². The lowest BCUT2D eigenvalue weighted by Gasteiger charge is -2.25. The Bertz CT molecular complexity index is 327. The number of aryl methyl sites for hydroxylation is 1. The van der Waals surface area contributed by atoms with E-state index in [0.29, 0.717) is 6.04 Å². The summed E-state index contributed by atoms with van der Waals surface area (Å²) < 4.78 is 0.762. The minimum Gasteiger partial charge on any atom is -0.356 e. The van der Waals surface area contributed by atoms with Crippen molar-refractivity contribution >= 4 is 29.3 Å². The number of nitrogens with one attached hydrogen (secondary N) is 1. The molecule has 1 aliphatic carbocycles. The van der Waals surface area contributed by atoms with E-state index in [1.54, 1.807) is 6.20 Å². The number of carbonyl (C=O) groups excluding carboxylic acids is 1. The highest BCUT2D eigenvalue weighted by atomic mass is 35.5. The van der Waals surface area contributed by atoms with E-state index in [4.69, 9.17) is 11.6 Å². The molecule has 2 unspecified atom stereocenters. The number of hydrogen-bond donors (Lipinski definition) is 1. The number of carbonyl (C=O) groups is 1. The molecular formula is C12H19ClN2OS. The number of rotatable bonds is 2. The normalized spacial score (nSPS) is 23.5. The highest BCUT2D eigenvalue weighted by molar-refractivity contribution is 7.15. The summed E-state index contributed by atoms with van der Waals surface area (Å²) in [5, 5.41) is 3.85. The molecule has 0 bridgehead atoms. The average molecular weight is 275 g/mol. The van der Waals surface area contributed by atoms with E-state index < -0.39 is 0 Å². The van der Waals surface area contributed by atoms with E-state index in [1.807, 2.05) is 6.92 Å². The zero-order valence-electron chi connectivity index (χ0n) is 10.3. The Hall–Kier alpha value is -0.610. The highest BCUT2D eigenvalue weighted by Gasteiger charge is 2.17. The molecule has 1 heterocycles. The van der Waals surface area contributed by atoms with Crippen LogP contribution in [0.15, 0.2) is 6.20 Å². The first-order valence-electron chi connectivity index (χ1n) is 5.89. The van der Waals surface area contributed by atoms with Gasteiger partial charge in [0.15, 0.2) is 0 Å². The van der Waals surface area contributed by atoms with Gasteiger partial charge in [-0.3, -0.25) is 4.79 Å². The molecule has 1 amide bonds.